The van der Waals surface area contributed by atoms with Crippen molar-refractivity contribution in [3.63, 3.8) is 0 Å². The van der Waals surface area contributed by atoms with E-state index in [1.807, 2.05) is 0 Å². The zero-order valence-corrected chi connectivity index (χ0v) is 20.3. The fraction of sp³-hybridized carbons (Fsp3) is 0.632. The van der Waals surface area contributed by atoms with Gasteiger partial charge < -0.3 is 24.6 Å². The maximum atomic E-state index is 12.2. The number of aliphatic hydroxyl groups is 1. The van der Waals surface area contributed by atoms with E-state index in [-0.39, 0.29) is 38.3 Å². The van der Waals surface area contributed by atoms with Crippen molar-refractivity contribution in [1.29, 1.82) is 0 Å². The van der Waals surface area contributed by atoms with E-state index in [0.29, 0.717) is 0 Å². The molecule has 0 spiro atoms. The van der Waals surface area contributed by atoms with Crippen LogP contribution in [0.15, 0.2) is 20.9 Å². The van der Waals surface area contributed by atoms with Gasteiger partial charge in [-0.25, -0.2) is 4.79 Å². The Labute approximate surface area is 199 Å². The maximum absolute atomic E-state index is 12.2. The molecule has 1 fully saturated rings. The average Bonchev–Trinajstić information content (AvgIpc) is 3.10. The molecule has 192 valence electrons. The van der Waals surface area contributed by atoms with Crippen molar-refractivity contribution in [1.82, 2.24) is 14.9 Å². The number of nitrogens with one attached hydrogen (secondary N) is 2. The van der Waals surface area contributed by atoms with Crippen LogP contribution in [0.1, 0.15) is 25.1 Å². The predicted molar refractivity (Wildman–Crippen MR) is 122 cm³/mol. The first-order chi connectivity index (χ1) is 16.5. The van der Waals surface area contributed by atoms with E-state index in [0.717, 1.165) is 4.57 Å². The molecule has 1 aliphatic rings. The molecule has 1 aliphatic heterocycles. The highest BCUT2D eigenvalue weighted by Crippen LogP contribution is 2.43. The van der Waals surface area contributed by atoms with Crippen molar-refractivity contribution in [3.05, 3.63) is 43.0 Å². The van der Waals surface area contributed by atoms with Gasteiger partial charge >= 0.3 is 5.69 Å². The number of aromatic nitrogens is 2. The molecule has 2 heterocycles. The second-order valence-corrected chi connectivity index (χ2v) is 10.3. The van der Waals surface area contributed by atoms with Gasteiger partial charge in [-0.15, -0.1) is 0 Å². The van der Waals surface area contributed by atoms with Crippen LogP contribution in [0.25, 0.3) is 10.4 Å². The smallest absolute Gasteiger partial charge is 0.330 e. The lowest BCUT2D eigenvalue weighted by Crippen LogP contribution is -2.33. The Morgan fingerprint density at radius 1 is 1.49 bits per heavy atom. The van der Waals surface area contributed by atoms with Crippen LogP contribution in [-0.2, 0) is 28.1 Å². The number of rotatable bonds is 11. The van der Waals surface area contributed by atoms with Crippen LogP contribution in [-0.4, -0.2) is 78.9 Å². The Hall–Kier alpha value is -2.95. The quantitative estimate of drug-likeness (QED) is 0.0895. The second kappa shape index (κ2) is 13.2. The van der Waals surface area contributed by atoms with Crippen molar-refractivity contribution < 1.29 is 33.2 Å². The summed E-state index contributed by atoms with van der Waals surface area (Å²) in [5.41, 5.74) is 6.67. The molecular formula is C19H27N6O9P. The summed E-state index contributed by atoms with van der Waals surface area (Å²) in [6.07, 6.45) is -2.78. The van der Waals surface area contributed by atoms with Crippen molar-refractivity contribution >= 4 is 13.3 Å². The second-order valence-electron chi connectivity index (χ2n) is 7.64. The summed E-state index contributed by atoms with van der Waals surface area (Å²) >= 11 is 0. The molecule has 1 aromatic rings. The highest BCUT2D eigenvalue weighted by Gasteiger charge is 2.38. The molecule has 1 amide bonds. The standard InChI is InChI=1S/C19H27N6O9P/c1-12(23-24-20)32-8-7-31-11-15(27)21-6-4-5-13-10-25(19(29)22-17(13)28)16-9-14(26)18(33-16)34-35(2,3)30/h10,12,14,16,18,26H,6-9,11H2,1-3H3,(H,21,27)(H,22,28,29). The number of hydrogen-bond donors (Lipinski definition) is 3. The fourth-order valence-electron chi connectivity index (χ4n) is 2.81. The van der Waals surface area contributed by atoms with Crippen LogP contribution in [0.3, 0.4) is 0 Å². The van der Waals surface area contributed by atoms with Crippen molar-refractivity contribution in [3.8, 4) is 11.8 Å². The van der Waals surface area contributed by atoms with E-state index < -0.39 is 49.4 Å². The molecule has 4 atom stereocenters. The number of aliphatic hydroxyl groups excluding tert-OH is 1. The molecular weight excluding hydrogens is 487 g/mol. The molecule has 0 bridgehead atoms. The lowest BCUT2D eigenvalue weighted by Gasteiger charge is -2.18. The normalized spacial score (nSPS) is 20.4. The van der Waals surface area contributed by atoms with Crippen LogP contribution in [0.4, 0.5) is 0 Å². The average molecular weight is 514 g/mol. The van der Waals surface area contributed by atoms with Gasteiger partial charge in [-0.2, -0.15) is 0 Å². The number of H-pyrrole nitrogens is 1. The third kappa shape index (κ3) is 9.67. The van der Waals surface area contributed by atoms with Gasteiger partial charge in [0.25, 0.3) is 5.56 Å². The topological polar surface area (TPSA) is 207 Å². The number of ether oxygens (including phenoxy) is 3. The van der Waals surface area contributed by atoms with Gasteiger partial charge in [0, 0.05) is 30.9 Å². The van der Waals surface area contributed by atoms with E-state index >= 15 is 0 Å². The first-order valence-corrected chi connectivity index (χ1v) is 12.9. The first-order valence-electron chi connectivity index (χ1n) is 10.4. The Balaban J connectivity index is 1.89. The minimum atomic E-state index is -2.96. The fourth-order valence-corrected chi connectivity index (χ4v) is 3.50. The Morgan fingerprint density at radius 2 is 2.23 bits per heavy atom. The van der Waals surface area contributed by atoms with E-state index in [9.17, 15) is 24.1 Å². The van der Waals surface area contributed by atoms with Gasteiger partial charge in [0.05, 0.1) is 19.8 Å². The molecule has 0 saturated carbocycles. The van der Waals surface area contributed by atoms with Gasteiger partial charge in [-0.05, 0) is 12.5 Å². The number of aromatic amines is 1. The monoisotopic (exact) mass is 514 g/mol. The van der Waals surface area contributed by atoms with E-state index in [4.69, 9.17) is 24.3 Å². The molecule has 15 nitrogen and oxygen atoms in total. The maximum Gasteiger partial charge on any atom is 0.330 e. The van der Waals surface area contributed by atoms with Crippen molar-refractivity contribution in [2.24, 2.45) is 5.11 Å². The Morgan fingerprint density at radius 3 is 2.91 bits per heavy atom. The molecule has 4 unspecified atom stereocenters. The summed E-state index contributed by atoms with van der Waals surface area (Å²) in [6.45, 7) is 4.19. The minimum absolute atomic E-state index is 0.0327. The number of carbonyl (C=O) groups is 1. The number of hydrogen-bond acceptors (Lipinski definition) is 10. The zero-order valence-electron chi connectivity index (χ0n) is 19.4. The molecule has 35 heavy (non-hydrogen) atoms. The predicted octanol–water partition coefficient (Wildman–Crippen LogP) is -0.146. The minimum Gasteiger partial charge on any atom is -0.388 e. The van der Waals surface area contributed by atoms with E-state index in [1.54, 1.807) is 6.92 Å². The van der Waals surface area contributed by atoms with Crippen LogP contribution >= 0.6 is 7.37 Å². The van der Waals surface area contributed by atoms with Gasteiger partial charge in [-0.3, -0.25) is 28.2 Å². The van der Waals surface area contributed by atoms with Crippen molar-refractivity contribution in [2.75, 3.05) is 39.7 Å². The Kier molecular flexibility index (Phi) is 10.7. The SMILES string of the molecule is CC(N=[N+]=[N-])OCCOCC(=O)NCC#Cc1cn(C2CC(O)C(OP(C)(C)=O)O2)c(=O)[nH]c1=O. The summed E-state index contributed by atoms with van der Waals surface area (Å²) in [7, 11) is -2.96. The molecule has 0 radical (unpaired) electrons. The molecule has 2 rings (SSSR count). The lowest BCUT2D eigenvalue weighted by molar-refractivity contribution is -0.126. The Bertz CT molecular complexity index is 1160. The summed E-state index contributed by atoms with van der Waals surface area (Å²) in [4.78, 5) is 40.8. The molecule has 16 heteroatoms. The van der Waals surface area contributed by atoms with Gasteiger partial charge in [0.15, 0.2) is 13.7 Å². The van der Waals surface area contributed by atoms with Gasteiger partial charge in [-0.1, -0.05) is 17.0 Å². The third-order valence-corrected chi connectivity index (χ3v) is 5.03. The highest BCUT2D eigenvalue weighted by atomic mass is 31.2. The molecule has 1 saturated heterocycles. The number of azide groups is 1. The summed E-state index contributed by atoms with van der Waals surface area (Å²) in [6, 6.07) is 0. The van der Waals surface area contributed by atoms with Gasteiger partial charge in [0.2, 0.25) is 5.91 Å². The third-order valence-electron chi connectivity index (χ3n) is 4.32. The summed E-state index contributed by atoms with van der Waals surface area (Å²) in [5.74, 6) is 4.70. The summed E-state index contributed by atoms with van der Waals surface area (Å²) in [5, 5.41) is 15.9. The number of carbonyl (C=O) groups excluding carboxylic acids is 1. The van der Waals surface area contributed by atoms with Crippen LogP contribution in [0.5, 0.6) is 0 Å². The van der Waals surface area contributed by atoms with Crippen molar-refractivity contribution in [2.45, 2.75) is 38.2 Å². The number of amides is 1. The van der Waals surface area contributed by atoms with Crippen LogP contribution in [0, 0.1) is 11.8 Å². The largest absolute Gasteiger partial charge is 0.388 e. The van der Waals surface area contributed by atoms with Crippen LogP contribution in [0.2, 0.25) is 0 Å². The summed E-state index contributed by atoms with van der Waals surface area (Å²) < 4.78 is 33.8. The van der Waals surface area contributed by atoms with E-state index in [2.05, 4.69) is 32.2 Å². The molecule has 0 aliphatic carbocycles. The molecule has 3 N–H and O–H groups in total. The number of nitrogens with zero attached hydrogens (tertiary/aromatic N) is 4. The van der Waals surface area contributed by atoms with E-state index in [1.165, 1.54) is 19.5 Å². The van der Waals surface area contributed by atoms with Gasteiger partial charge in [0.1, 0.15) is 30.7 Å². The molecule has 1 aromatic heterocycles. The highest BCUT2D eigenvalue weighted by molar-refractivity contribution is 7.57. The lowest BCUT2D eigenvalue weighted by atomic mass is 10.2. The first kappa shape index (κ1) is 28.3. The zero-order chi connectivity index (χ0) is 26.0. The molecule has 0 aromatic carbocycles. The van der Waals surface area contributed by atoms with Crippen LogP contribution < -0.4 is 16.6 Å².